The molecule has 60 valence electrons. The first-order valence-electron chi connectivity index (χ1n) is 3.66. The first-order chi connectivity index (χ1) is 6.36. The summed E-state index contributed by atoms with van der Waals surface area (Å²) in [4.78, 5) is 0. The van der Waals surface area contributed by atoms with Crippen LogP contribution in [0.4, 0.5) is 0 Å². The van der Waals surface area contributed by atoms with Crippen LogP contribution >= 0.6 is 11.8 Å². The zero-order valence-electron chi connectivity index (χ0n) is 6.97. The Kier molecular flexibility index (Phi) is 4.60. The van der Waals surface area contributed by atoms with Crippen LogP contribution in [0.25, 0.3) is 6.08 Å². The molecule has 0 unspecified atom stereocenters. The zero-order valence-corrected chi connectivity index (χ0v) is 10.8. The topological polar surface area (TPSA) is 36.1 Å². The van der Waals surface area contributed by atoms with Crippen LogP contribution < -0.4 is 0 Å². The summed E-state index contributed by atoms with van der Waals surface area (Å²) < 4.78 is 4.10. The second-order valence-electron chi connectivity index (χ2n) is 2.24. The quantitative estimate of drug-likeness (QED) is 0.601. The van der Waals surface area contributed by atoms with Crippen molar-refractivity contribution < 1.29 is 18.1 Å². The molecule has 0 heterocycles. The van der Waals surface area contributed by atoms with Gasteiger partial charge in [-0.1, -0.05) is 0 Å². The molecular weight excluding hydrogens is 234 g/mol. The van der Waals surface area contributed by atoms with Gasteiger partial charge in [0.25, 0.3) is 0 Å². The van der Waals surface area contributed by atoms with E-state index in [1.807, 2.05) is 41.8 Å². The molecule has 0 amide bonds. The molecule has 0 atom stereocenters. The van der Waals surface area contributed by atoms with E-state index in [1.54, 1.807) is 0 Å². The predicted octanol–water partition coefficient (Wildman–Crippen LogP) is 2.93. The van der Waals surface area contributed by atoms with E-state index in [4.69, 9.17) is 5.26 Å². The van der Waals surface area contributed by atoms with Gasteiger partial charge < -0.3 is 0 Å². The second kappa shape index (κ2) is 5.80. The van der Waals surface area contributed by atoms with Gasteiger partial charge >= 0.3 is 91.2 Å². The van der Waals surface area contributed by atoms with Crippen molar-refractivity contribution in [2.75, 3.05) is 0 Å². The average Bonchev–Trinajstić information content (AvgIpc) is 2.19. The Balaban J connectivity index is 2.86. The Labute approximate surface area is 91.2 Å². The van der Waals surface area contributed by atoms with Crippen LogP contribution in [0.2, 0.25) is 0 Å². The monoisotopic (exact) mass is 238 g/mol. The number of nitriles is 1. The van der Waals surface area contributed by atoms with E-state index in [0.29, 0.717) is 0 Å². The van der Waals surface area contributed by atoms with Gasteiger partial charge in [0.15, 0.2) is 0 Å². The first-order valence-corrected chi connectivity index (χ1v) is 5.80. The summed E-state index contributed by atoms with van der Waals surface area (Å²) in [5.41, 5.74) is 1.08. The fraction of sp³-hybridized carbons (Fsp3) is 0. The maximum absolute atomic E-state index is 8.47. The summed E-state index contributed by atoms with van der Waals surface area (Å²) in [5.74, 6) is 0. The van der Waals surface area contributed by atoms with Gasteiger partial charge in [-0.3, -0.25) is 0 Å². The van der Waals surface area contributed by atoms with E-state index in [1.165, 1.54) is 0 Å². The molecule has 0 aliphatic rings. The van der Waals surface area contributed by atoms with Gasteiger partial charge in [0.05, 0.1) is 0 Å². The van der Waals surface area contributed by atoms with E-state index in [2.05, 4.69) is 3.68 Å². The second-order valence-corrected chi connectivity index (χ2v) is 3.71. The molecule has 4 heteroatoms. The summed E-state index contributed by atoms with van der Waals surface area (Å²) >= 11 is 1.93. The molecule has 0 radical (unpaired) electrons. The molecule has 0 saturated carbocycles. The number of benzene rings is 1. The molecule has 1 rings (SSSR count). The third kappa shape index (κ3) is 3.63. The molecule has 2 nitrogen and oxygen atoms in total. The molecule has 0 saturated heterocycles. The summed E-state index contributed by atoms with van der Waals surface area (Å²) in [6, 6.07) is 9.87. The minimum absolute atomic E-state index is 0.786. The Hall–Kier alpha value is -0.777. The number of rotatable bonds is 3. The molecule has 1 aromatic carbocycles. The van der Waals surface area contributed by atoms with Crippen LogP contribution in [-0.4, -0.2) is 0 Å². The van der Waals surface area contributed by atoms with Crippen LogP contribution in [0.3, 0.4) is 0 Å². The fourth-order valence-corrected chi connectivity index (χ4v) is 1.80. The number of nitrogens with zero attached hydrogens (tertiary/aromatic N) is 2. The van der Waals surface area contributed by atoms with Gasteiger partial charge in [-0.25, -0.2) is 0 Å². The van der Waals surface area contributed by atoms with Crippen molar-refractivity contribution in [3.8, 4) is 5.40 Å². The van der Waals surface area contributed by atoms with Crippen molar-refractivity contribution in [1.29, 1.82) is 5.26 Å². The van der Waals surface area contributed by atoms with Gasteiger partial charge in [0.2, 0.25) is 0 Å². The molecular formula is C9H6N2SZn. The Morgan fingerprint density at radius 3 is 2.69 bits per heavy atom. The zero-order chi connectivity index (χ0) is 9.52. The molecule has 0 N–H and O–H groups in total. The maximum atomic E-state index is 8.47. The molecule has 0 aliphatic carbocycles. The van der Waals surface area contributed by atoms with Crippen LogP contribution in [0.15, 0.2) is 39.0 Å². The van der Waals surface area contributed by atoms with Crippen LogP contribution in [-0.2, 0) is 18.1 Å². The standard InChI is InChI=1S/C9H6N2S.Zn/c10-7-12-9(11)6-8-4-2-1-3-5-8;/h1-6H;/b9-6+;. The van der Waals surface area contributed by atoms with Crippen molar-refractivity contribution in [3.63, 3.8) is 0 Å². The van der Waals surface area contributed by atoms with Gasteiger partial charge in [0, 0.05) is 0 Å². The summed E-state index contributed by atoms with van der Waals surface area (Å²) in [7, 11) is 0. The van der Waals surface area contributed by atoms with Crippen molar-refractivity contribution >= 4 is 17.8 Å². The van der Waals surface area contributed by atoms with Gasteiger partial charge in [-0.05, 0) is 0 Å². The number of hydrogen-bond acceptors (Lipinski definition) is 3. The SMILES string of the molecule is N#CS/C(=C/c1ccccc1)[N]=[Zn]. The third-order valence-electron chi connectivity index (χ3n) is 1.40. The van der Waals surface area contributed by atoms with Crippen LogP contribution in [0.1, 0.15) is 5.56 Å². The van der Waals surface area contributed by atoms with Gasteiger partial charge in [-0.2, -0.15) is 0 Å². The predicted molar refractivity (Wildman–Crippen MR) is 50.1 cm³/mol. The summed E-state index contributed by atoms with van der Waals surface area (Å²) in [6.07, 6.45) is 1.91. The van der Waals surface area contributed by atoms with Crippen molar-refractivity contribution in [3.05, 3.63) is 40.9 Å². The Morgan fingerprint density at radius 1 is 1.46 bits per heavy atom. The van der Waals surface area contributed by atoms with E-state index in [-0.39, 0.29) is 0 Å². The Morgan fingerprint density at radius 2 is 2.15 bits per heavy atom. The number of thiocyanates is 1. The molecule has 0 fully saturated rings. The van der Waals surface area contributed by atoms with Crippen molar-refractivity contribution in [2.45, 2.75) is 0 Å². The van der Waals surface area contributed by atoms with Crippen LogP contribution in [0.5, 0.6) is 0 Å². The minimum atomic E-state index is 0.786. The Bertz CT molecular complexity index is 354. The van der Waals surface area contributed by atoms with Gasteiger partial charge in [-0.15, -0.1) is 0 Å². The normalized spacial score (nSPS) is 10.7. The van der Waals surface area contributed by atoms with Crippen LogP contribution in [0, 0.1) is 10.7 Å². The van der Waals surface area contributed by atoms with E-state index < -0.39 is 0 Å². The van der Waals surface area contributed by atoms with E-state index in [9.17, 15) is 0 Å². The molecule has 0 spiro atoms. The summed E-state index contributed by atoms with van der Waals surface area (Å²) in [6.45, 7) is 0. The van der Waals surface area contributed by atoms with Crippen molar-refractivity contribution in [1.82, 2.24) is 0 Å². The molecule has 0 aromatic heterocycles. The molecule has 0 bridgehead atoms. The first kappa shape index (κ1) is 10.3. The molecule has 1 aromatic rings. The number of hydrogen-bond donors (Lipinski definition) is 0. The van der Waals surface area contributed by atoms with Crippen molar-refractivity contribution in [2.24, 2.45) is 3.68 Å². The number of thioether (sulfide) groups is 1. The molecule has 13 heavy (non-hydrogen) atoms. The third-order valence-corrected chi connectivity index (χ3v) is 3.14. The van der Waals surface area contributed by atoms with E-state index >= 15 is 0 Å². The average molecular weight is 240 g/mol. The molecule has 0 aliphatic heterocycles. The fourth-order valence-electron chi connectivity index (χ4n) is 0.846. The van der Waals surface area contributed by atoms with E-state index in [0.717, 1.165) is 40.5 Å². The van der Waals surface area contributed by atoms with Gasteiger partial charge in [0.1, 0.15) is 0 Å². The summed E-state index contributed by atoms with van der Waals surface area (Å²) in [5, 5.41) is 11.3.